The number of aromatic nitrogens is 1. The van der Waals surface area contributed by atoms with Crippen LogP contribution in [-0.4, -0.2) is 40.5 Å². The predicted molar refractivity (Wildman–Crippen MR) is 84.1 cm³/mol. The fourth-order valence-corrected chi connectivity index (χ4v) is 2.67. The van der Waals surface area contributed by atoms with E-state index in [1.165, 1.54) is 6.42 Å². The van der Waals surface area contributed by atoms with E-state index in [1.807, 2.05) is 17.0 Å². The van der Waals surface area contributed by atoms with Gasteiger partial charge in [0.25, 0.3) is 0 Å². The second-order valence-electron chi connectivity index (χ2n) is 5.79. The van der Waals surface area contributed by atoms with Crippen LogP contribution in [0.25, 0.3) is 0 Å². The molecular formula is C16H24N4O2. The lowest BCUT2D eigenvalue weighted by atomic mass is 10.0. The molecule has 1 saturated heterocycles. The van der Waals surface area contributed by atoms with E-state index in [0.29, 0.717) is 6.54 Å². The summed E-state index contributed by atoms with van der Waals surface area (Å²) < 4.78 is 0. The molecule has 0 unspecified atom stereocenters. The summed E-state index contributed by atoms with van der Waals surface area (Å²) in [5.74, 6) is -0.0104. The van der Waals surface area contributed by atoms with Gasteiger partial charge in [-0.05, 0) is 44.7 Å². The third-order valence-electron chi connectivity index (χ3n) is 3.98. The highest BCUT2D eigenvalue weighted by Crippen LogP contribution is 2.17. The molecule has 1 aliphatic rings. The van der Waals surface area contributed by atoms with Gasteiger partial charge in [0, 0.05) is 31.5 Å². The van der Waals surface area contributed by atoms with Gasteiger partial charge in [-0.1, -0.05) is 6.07 Å². The molecule has 0 radical (unpaired) electrons. The highest BCUT2D eigenvalue weighted by Gasteiger charge is 2.27. The van der Waals surface area contributed by atoms with E-state index in [1.54, 1.807) is 19.3 Å². The molecule has 1 aromatic heterocycles. The Kier molecular flexibility index (Phi) is 5.75. The molecule has 2 rings (SSSR count). The third-order valence-corrected chi connectivity index (χ3v) is 3.98. The van der Waals surface area contributed by atoms with Gasteiger partial charge in [-0.15, -0.1) is 0 Å². The normalized spacial score (nSPS) is 19.4. The molecule has 0 spiro atoms. The van der Waals surface area contributed by atoms with Gasteiger partial charge in [-0.3, -0.25) is 9.78 Å². The van der Waals surface area contributed by atoms with Crippen molar-refractivity contribution >= 4 is 11.9 Å². The van der Waals surface area contributed by atoms with E-state index >= 15 is 0 Å². The van der Waals surface area contributed by atoms with Crippen LogP contribution in [0.15, 0.2) is 24.5 Å². The molecule has 2 N–H and O–H groups in total. The lowest BCUT2D eigenvalue weighted by Gasteiger charge is -2.35. The maximum Gasteiger partial charge on any atom is 0.315 e. The van der Waals surface area contributed by atoms with Gasteiger partial charge in [-0.2, -0.15) is 0 Å². The minimum absolute atomic E-state index is 0.0104. The van der Waals surface area contributed by atoms with Gasteiger partial charge in [0.1, 0.15) is 6.04 Å². The largest absolute Gasteiger partial charge is 0.338 e. The number of rotatable bonds is 4. The first-order valence-corrected chi connectivity index (χ1v) is 7.81. The van der Waals surface area contributed by atoms with E-state index in [-0.39, 0.29) is 18.0 Å². The van der Waals surface area contributed by atoms with Gasteiger partial charge >= 0.3 is 6.03 Å². The van der Waals surface area contributed by atoms with Crippen LogP contribution in [0.5, 0.6) is 0 Å². The maximum atomic E-state index is 12.4. The first kappa shape index (κ1) is 16.3. The van der Waals surface area contributed by atoms with Crippen molar-refractivity contribution in [2.24, 2.45) is 0 Å². The lowest BCUT2D eigenvalue weighted by Crippen LogP contribution is -2.53. The average Bonchev–Trinajstić information content (AvgIpc) is 2.53. The second kappa shape index (κ2) is 7.77. The number of nitrogens with one attached hydrogen (secondary N) is 2. The fourth-order valence-electron chi connectivity index (χ4n) is 2.67. The van der Waals surface area contributed by atoms with Crippen LogP contribution in [-0.2, 0) is 11.3 Å². The summed E-state index contributed by atoms with van der Waals surface area (Å²) in [5.41, 5.74) is 0.918. The van der Waals surface area contributed by atoms with Crippen LogP contribution in [0, 0.1) is 0 Å². The van der Waals surface area contributed by atoms with Crippen molar-refractivity contribution in [2.45, 2.75) is 51.7 Å². The molecule has 120 valence electrons. The number of likely N-dealkylation sites (tertiary alicyclic amines) is 1. The summed E-state index contributed by atoms with van der Waals surface area (Å²) in [6.45, 7) is 4.96. The topological polar surface area (TPSA) is 74.3 Å². The van der Waals surface area contributed by atoms with Gasteiger partial charge in [0.05, 0.1) is 0 Å². The number of pyridine rings is 1. The fraction of sp³-hybridized carbons (Fsp3) is 0.562. The number of hydrogen-bond donors (Lipinski definition) is 2. The van der Waals surface area contributed by atoms with Crippen LogP contribution in [0.1, 0.15) is 38.7 Å². The molecule has 1 aliphatic heterocycles. The highest BCUT2D eigenvalue weighted by molar-refractivity contribution is 5.86. The molecule has 6 heteroatoms. The molecule has 2 heterocycles. The van der Waals surface area contributed by atoms with Crippen molar-refractivity contribution in [1.29, 1.82) is 0 Å². The molecule has 0 bridgehead atoms. The number of nitrogens with zero attached hydrogens (tertiary/aromatic N) is 2. The van der Waals surface area contributed by atoms with Gasteiger partial charge in [-0.25, -0.2) is 4.79 Å². The van der Waals surface area contributed by atoms with E-state index in [4.69, 9.17) is 0 Å². The number of amides is 3. The zero-order valence-corrected chi connectivity index (χ0v) is 13.2. The number of hydrogen-bond acceptors (Lipinski definition) is 3. The van der Waals surface area contributed by atoms with Gasteiger partial charge < -0.3 is 15.5 Å². The van der Waals surface area contributed by atoms with E-state index < -0.39 is 6.04 Å². The Morgan fingerprint density at radius 2 is 2.27 bits per heavy atom. The molecule has 1 fully saturated rings. The zero-order valence-electron chi connectivity index (χ0n) is 13.2. The molecule has 3 amide bonds. The van der Waals surface area contributed by atoms with Crippen molar-refractivity contribution in [3.63, 3.8) is 0 Å². The third kappa shape index (κ3) is 4.44. The van der Waals surface area contributed by atoms with Crippen LogP contribution in [0.2, 0.25) is 0 Å². The highest BCUT2D eigenvalue weighted by atomic mass is 16.2. The van der Waals surface area contributed by atoms with Crippen LogP contribution in [0.4, 0.5) is 4.79 Å². The SMILES string of the molecule is C[C@H](NC(=O)NCc1cccnc1)C(=O)N1CCCC[C@@H]1C. The Morgan fingerprint density at radius 3 is 2.95 bits per heavy atom. The standard InChI is InChI=1S/C16H24N4O2/c1-12-6-3-4-9-20(12)15(21)13(2)19-16(22)18-11-14-7-5-8-17-10-14/h5,7-8,10,12-13H,3-4,6,9,11H2,1-2H3,(H2,18,19,22)/t12-,13-/m0/s1. The van der Waals surface area contributed by atoms with Crippen LogP contribution >= 0.6 is 0 Å². The van der Waals surface area contributed by atoms with E-state index in [2.05, 4.69) is 22.5 Å². The average molecular weight is 304 g/mol. The minimum atomic E-state index is -0.519. The van der Waals surface area contributed by atoms with Crippen molar-refractivity contribution in [1.82, 2.24) is 20.5 Å². The molecule has 0 saturated carbocycles. The minimum Gasteiger partial charge on any atom is -0.338 e. The molecule has 0 aliphatic carbocycles. The molecule has 0 aromatic carbocycles. The molecule has 2 atom stereocenters. The maximum absolute atomic E-state index is 12.4. The molecule has 1 aromatic rings. The smallest absolute Gasteiger partial charge is 0.315 e. The monoisotopic (exact) mass is 304 g/mol. The first-order chi connectivity index (χ1) is 10.6. The van der Waals surface area contributed by atoms with E-state index in [9.17, 15) is 9.59 Å². The van der Waals surface area contributed by atoms with Gasteiger partial charge in [0.15, 0.2) is 0 Å². The summed E-state index contributed by atoms with van der Waals surface area (Å²) in [7, 11) is 0. The lowest BCUT2D eigenvalue weighted by molar-refractivity contribution is -0.136. The van der Waals surface area contributed by atoms with Crippen LogP contribution in [0.3, 0.4) is 0 Å². The Hall–Kier alpha value is -2.11. The molecule has 6 nitrogen and oxygen atoms in total. The Bertz CT molecular complexity index is 506. The molecule has 22 heavy (non-hydrogen) atoms. The number of carbonyl (C=O) groups excluding carboxylic acids is 2. The summed E-state index contributed by atoms with van der Waals surface area (Å²) >= 11 is 0. The van der Waals surface area contributed by atoms with Crippen molar-refractivity contribution in [2.75, 3.05) is 6.54 Å². The van der Waals surface area contributed by atoms with Gasteiger partial charge in [0.2, 0.25) is 5.91 Å². The summed E-state index contributed by atoms with van der Waals surface area (Å²) in [4.78, 5) is 30.1. The summed E-state index contributed by atoms with van der Waals surface area (Å²) in [6.07, 6.45) is 6.62. The zero-order chi connectivity index (χ0) is 15.9. The Morgan fingerprint density at radius 1 is 1.45 bits per heavy atom. The van der Waals surface area contributed by atoms with Crippen LogP contribution < -0.4 is 10.6 Å². The second-order valence-corrected chi connectivity index (χ2v) is 5.79. The van der Waals surface area contributed by atoms with Crippen molar-refractivity contribution < 1.29 is 9.59 Å². The predicted octanol–water partition coefficient (Wildman–Crippen LogP) is 1.67. The number of carbonyl (C=O) groups is 2. The first-order valence-electron chi connectivity index (χ1n) is 7.81. The quantitative estimate of drug-likeness (QED) is 0.888. The van der Waals surface area contributed by atoms with Crippen molar-refractivity contribution in [3.8, 4) is 0 Å². The summed E-state index contributed by atoms with van der Waals surface area (Å²) in [6, 6.07) is 3.10. The number of urea groups is 1. The Labute approximate surface area is 131 Å². The van der Waals surface area contributed by atoms with Crippen molar-refractivity contribution in [3.05, 3.63) is 30.1 Å². The number of piperidine rings is 1. The van der Waals surface area contributed by atoms with E-state index in [0.717, 1.165) is 24.9 Å². The summed E-state index contributed by atoms with van der Waals surface area (Å²) in [5, 5.41) is 5.44. The molecular weight excluding hydrogens is 280 g/mol. The Balaban J connectivity index is 1.79.